The molecule has 0 fully saturated rings. The number of rotatable bonds is 5. The highest BCUT2D eigenvalue weighted by atomic mass is 35.5. The van der Waals surface area contributed by atoms with Gasteiger partial charge in [0.15, 0.2) is 5.82 Å². The molecule has 0 bridgehead atoms. The molecule has 1 N–H and O–H groups in total. The Balaban J connectivity index is 1.93. The summed E-state index contributed by atoms with van der Waals surface area (Å²) >= 11 is 12.9. The van der Waals surface area contributed by atoms with Gasteiger partial charge in [-0.3, -0.25) is 4.79 Å². The fourth-order valence-corrected chi connectivity index (χ4v) is 2.47. The zero-order valence-electron chi connectivity index (χ0n) is 10.4. The van der Waals surface area contributed by atoms with Crippen LogP contribution in [0.1, 0.15) is 6.92 Å². The van der Waals surface area contributed by atoms with Gasteiger partial charge in [0.1, 0.15) is 0 Å². The van der Waals surface area contributed by atoms with Gasteiger partial charge in [0.25, 0.3) is 0 Å². The van der Waals surface area contributed by atoms with Crippen molar-refractivity contribution in [3.63, 3.8) is 0 Å². The largest absolute Gasteiger partial charge is 0.309 e. The van der Waals surface area contributed by atoms with E-state index in [2.05, 4.69) is 25.8 Å². The Labute approximate surface area is 129 Å². The normalized spacial score (nSPS) is 10.6. The number of tetrazole rings is 1. The summed E-state index contributed by atoms with van der Waals surface area (Å²) in [5.41, 5.74) is 0. The molecule has 2 aromatic rings. The molecule has 0 saturated carbocycles. The van der Waals surface area contributed by atoms with Gasteiger partial charge in [0.05, 0.1) is 15.8 Å². The van der Waals surface area contributed by atoms with Gasteiger partial charge in [-0.25, -0.2) is 9.67 Å². The van der Waals surface area contributed by atoms with Crippen LogP contribution in [-0.4, -0.2) is 36.9 Å². The lowest BCUT2D eigenvalue weighted by Crippen LogP contribution is -2.16. The molecule has 0 saturated heterocycles. The molecule has 2 heterocycles. The minimum absolute atomic E-state index is 0.154. The van der Waals surface area contributed by atoms with Crippen LogP contribution in [0.4, 0.5) is 5.82 Å². The number of hydrogen-bond donors (Lipinski definition) is 1. The van der Waals surface area contributed by atoms with Gasteiger partial charge < -0.3 is 5.32 Å². The summed E-state index contributed by atoms with van der Waals surface area (Å²) in [6.45, 7) is 2.55. The fraction of sp³-hybridized carbons (Fsp3) is 0.300. The van der Waals surface area contributed by atoms with Crippen molar-refractivity contribution in [1.82, 2.24) is 25.2 Å². The van der Waals surface area contributed by atoms with Crippen LogP contribution in [0.15, 0.2) is 17.4 Å². The quantitative estimate of drug-likeness (QED) is 0.844. The van der Waals surface area contributed by atoms with Crippen molar-refractivity contribution in [2.75, 3.05) is 11.1 Å². The second-order valence-electron chi connectivity index (χ2n) is 3.60. The molecule has 0 unspecified atom stereocenters. The van der Waals surface area contributed by atoms with Crippen molar-refractivity contribution in [1.29, 1.82) is 0 Å². The van der Waals surface area contributed by atoms with Crippen molar-refractivity contribution in [3.05, 3.63) is 22.3 Å². The number of aromatic nitrogens is 5. The molecule has 0 aromatic carbocycles. The standard InChI is InChI=1S/C10H10Cl2N6OS/c1-2-18-10(15-16-17-18)20-5-8(19)14-9-7(12)3-6(11)4-13-9/h3-4H,2,5H2,1H3,(H,13,14,19). The minimum Gasteiger partial charge on any atom is -0.309 e. The first-order valence-corrected chi connectivity index (χ1v) is 7.34. The highest BCUT2D eigenvalue weighted by Crippen LogP contribution is 2.23. The zero-order valence-corrected chi connectivity index (χ0v) is 12.7. The summed E-state index contributed by atoms with van der Waals surface area (Å²) in [7, 11) is 0. The molecule has 0 aliphatic rings. The molecule has 0 aliphatic carbocycles. The first-order chi connectivity index (χ1) is 9.60. The van der Waals surface area contributed by atoms with Crippen molar-refractivity contribution < 1.29 is 4.79 Å². The summed E-state index contributed by atoms with van der Waals surface area (Å²) in [5.74, 6) is 0.176. The second-order valence-corrected chi connectivity index (χ2v) is 5.38. The molecule has 0 radical (unpaired) electrons. The predicted molar refractivity (Wildman–Crippen MR) is 77.1 cm³/mol. The first-order valence-electron chi connectivity index (χ1n) is 5.60. The zero-order chi connectivity index (χ0) is 14.5. The topological polar surface area (TPSA) is 85.6 Å². The Hall–Kier alpha value is -1.38. The molecule has 106 valence electrons. The average Bonchev–Trinajstić information content (AvgIpc) is 2.87. The number of pyridine rings is 1. The van der Waals surface area contributed by atoms with E-state index in [4.69, 9.17) is 23.2 Å². The number of amides is 1. The maximum atomic E-state index is 11.8. The SMILES string of the molecule is CCn1nnnc1SCC(=O)Nc1ncc(Cl)cc1Cl. The number of aryl methyl sites for hydroxylation is 1. The maximum Gasteiger partial charge on any atom is 0.236 e. The first kappa shape index (κ1) is 15.0. The monoisotopic (exact) mass is 332 g/mol. The Kier molecular flexibility index (Phi) is 5.16. The molecule has 2 aromatic heterocycles. The van der Waals surface area contributed by atoms with E-state index < -0.39 is 0 Å². The smallest absolute Gasteiger partial charge is 0.236 e. The Bertz CT molecular complexity index is 620. The lowest BCUT2D eigenvalue weighted by molar-refractivity contribution is -0.113. The van der Waals surface area contributed by atoms with E-state index in [0.717, 1.165) is 0 Å². The predicted octanol–water partition coefficient (Wildman–Crippen LogP) is 2.13. The number of nitrogens with zero attached hydrogens (tertiary/aromatic N) is 5. The fourth-order valence-electron chi connectivity index (χ4n) is 1.30. The molecule has 0 aliphatic heterocycles. The molecule has 7 nitrogen and oxygen atoms in total. The molecule has 0 spiro atoms. The molecule has 1 amide bonds. The van der Waals surface area contributed by atoms with Crippen LogP contribution in [0.2, 0.25) is 10.0 Å². The van der Waals surface area contributed by atoms with Crippen molar-refractivity contribution in [2.45, 2.75) is 18.6 Å². The van der Waals surface area contributed by atoms with Gasteiger partial charge in [-0.05, 0) is 23.4 Å². The lowest BCUT2D eigenvalue weighted by atomic mass is 10.4. The maximum absolute atomic E-state index is 11.8. The van der Waals surface area contributed by atoms with Crippen LogP contribution in [0, 0.1) is 0 Å². The number of halogens is 2. The van der Waals surface area contributed by atoms with Gasteiger partial charge >= 0.3 is 0 Å². The summed E-state index contributed by atoms with van der Waals surface area (Å²) in [4.78, 5) is 15.7. The third kappa shape index (κ3) is 3.81. The number of carbonyl (C=O) groups excluding carboxylic acids is 1. The molecule has 2 rings (SSSR count). The van der Waals surface area contributed by atoms with E-state index in [1.165, 1.54) is 24.0 Å². The highest BCUT2D eigenvalue weighted by molar-refractivity contribution is 7.99. The Morgan fingerprint density at radius 2 is 2.30 bits per heavy atom. The van der Waals surface area contributed by atoms with Crippen LogP contribution < -0.4 is 5.32 Å². The summed E-state index contributed by atoms with van der Waals surface area (Å²) in [5, 5.41) is 15.0. The third-order valence-corrected chi connectivity index (χ3v) is 3.65. The van der Waals surface area contributed by atoms with Gasteiger partial charge in [-0.2, -0.15) is 0 Å². The Morgan fingerprint density at radius 1 is 1.50 bits per heavy atom. The molecule has 0 atom stereocenters. The lowest BCUT2D eigenvalue weighted by Gasteiger charge is -2.06. The van der Waals surface area contributed by atoms with Crippen LogP contribution >= 0.6 is 35.0 Å². The number of anilines is 1. The number of nitrogens with one attached hydrogen (secondary N) is 1. The van der Waals surface area contributed by atoms with E-state index in [9.17, 15) is 4.79 Å². The summed E-state index contributed by atoms with van der Waals surface area (Å²) in [6.07, 6.45) is 1.41. The summed E-state index contributed by atoms with van der Waals surface area (Å²) in [6, 6.07) is 1.51. The van der Waals surface area contributed by atoms with Gasteiger partial charge in [-0.15, -0.1) is 5.10 Å². The van der Waals surface area contributed by atoms with Gasteiger partial charge in [0, 0.05) is 12.7 Å². The van der Waals surface area contributed by atoms with E-state index in [1.807, 2.05) is 6.92 Å². The van der Waals surface area contributed by atoms with Crippen LogP contribution in [0.5, 0.6) is 0 Å². The minimum atomic E-state index is -0.252. The number of thioether (sulfide) groups is 1. The van der Waals surface area contributed by atoms with E-state index in [0.29, 0.717) is 16.7 Å². The van der Waals surface area contributed by atoms with Crippen molar-refractivity contribution in [3.8, 4) is 0 Å². The molecular formula is C10H10Cl2N6OS. The Morgan fingerprint density at radius 3 is 3.00 bits per heavy atom. The highest BCUT2D eigenvalue weighted by Gasteiger charge is 2.11. The van der Waals surface area contributed by atoms with Crippen molar-refractivity contribution >= 4 is 46.7 Å². The van der Waals surface area contributed by atoms with E-state index >= 15 is 0 Å². The van der Waals surface area contributed by atoms with Crippen LogP contribution in [0.3, 0.4) is 0 Å². The van der Waals surface area contributed by atoms with Gasteiger partial charge in [0.2, 0.25) is 11.1 Å². The van der Waals surface area contributed by atoms with E-state index in [-0.39, 0.29) is 22.5 Å². The van der Waals surface area contributed by atoms with E-state index in [1.54, 1.807) is 4.68 Å². The van der Waals surface area contributed by atoms with Crippen LogP contribution in [0.25, 0.3) is 0 Å². The molecule has 20 heavy (non-hydrogen) atoms. The van der Waals surface area contributed by atoms with Crippen molar-refractivity contribution in [2.24, 2.45) is 0 Å². The summed E-state index contributed by atoms with van der Waals surface area (Å²) < 4.78 is 1.60. The van der Waals surface area contributed by atoms with Crippen LogP contribution in [-0.2, 0) is 11.3 Å². The molecular weight excluding hydrogens is 323 g/mol. The third-order valence-electron chi connectivity index (χ3n) is 2.20. The molecule has 10 heteroatoms. The number of hydrogen-bond acceptors (Lipinski definition) is 6. The van der Waals surface area contributed by atoms with Gasteiger partial charge in [-0.1, -0.05) is 35.0 Å². The average molecular weight is 333 g/mol. The second kappa shape index (κ2) is 6.87. The number of carbonyl (C=O) groups is 1.